The molecule has 0 atom stereocenters. The van der Waals surface area contributed by atoms with Gasteiger partial charge in [0.15, 0.2) is 0 Å². The van der Waals surface area contributed by atoms with E-state index in [9.17, 15) is 9.90 Å². The topological polar surface area (TPSA) is 57.5 Å². The lowest BCUT2D eigenvalue weighted by Gasteiger charge is -2.15. The van der Waals surface area contributed by atoms with Crippen LogP contribution in [0.5, 0.6) is 5.75 Å². The number of phenolic OH excluding ortho intramolecular Hbond substituents is 1. The molecule has 0 unspecified atom stereocenters. The highest BCUT2D eigenvalue weighted by atomic mass is 32.2. The summed E-state index contributed by atoms with van der Waals surface area (Å²) in [5.74, 6) is -0.581. The average Bonchev–Trinajstić information content (AvgIpc) is 2.98. The third kappa shape index (κ3) is 2.02. The second-order valence-electron chi connectivity index (χ2n) is 4.23. The number of carboxylic acids is 1. The Morgan fingerprint density at radius 2 is 2.19 bits per heavy atom. The molecule has 0 aliphatic heterocycles. The largest absolute Gasteiger partial charge is 0.508 e. The van der Waals surface area contributed by atoms with E-state index in [1.54, 1.807) is 17.8 Å². The van der Waals surface area contributed by atoms with Crippen molar-refractivity contribution in [1.82, 2.24) is 0 Å². The molecular weight excluding hydrogens is 224 g/mol. The first kappa shape index (κ1) is 11.3. The number of benzene rings is 1. The first-order valence-corrected chi connectivity index (χ1v) is 6.39. The average molecular weight is 238 g/mol. The third-order valence-electron chi connectivity index (χ3n) is 3.12. The molecule has 1 aromatic carbocycles. The summed E-state index contributed by atoms with van der Waals surface area (Å²) in [6.07, 6.45) is 3.78. The van der Waals surface area contributed by atoms with Crippen molar-refractivity contribution in [3.8, 4) is 5.75 Å². The molecular formula is C12H14O3S. The molecule has 4 heteroatoms. The van der Waals surface area contributed by atoms with Crippen molar-refractivity contribution in [2.75, 3.05) is 6.26 Å². The molecule has 1 saturated carbocycles. The zero-order valence-corrected chi connectivity index (χ0v) is 9.88. The highest BCUT2D eigenvalue weighted by molar-refractivity contribution is 7.98. The molecule has 1 fully saturated rings. The van der Waals surface area contributed by atoms with E-state index in [0.29, 0.717) is 0 Å². The van der Waals surface area contributed by atoms with Gasteiger partial charge >= 0.3 is 5.97 Å². The second kappa shape index (κ2) is 4.01. The van der Waals surface area contributed by atoms with Gasteiger partial charge in [0.05, 0.1) is 6.42 Å². The number of thioether (sulfide) groups is 1. The van der Waals surface area contributed by atoms with Crippen LogP contribution in [0.3, 0.4) is 0 Å². The van der Waals surface area contributed by atoms with Crippen LogP contribution in [0.2, 0.25) is 0 Å². The first-order valence-electron chi connectivity index (χ1n) is 5.17. The molecule has 0 amide bonds. The fourth-order valence-corrected chi connectivity index (χ4v) is 2.49. The van der Waals surface area contributed by atoms with E-state index >= 15 is 0 Å². The smallest absolute Gasteiger partial charge is 0.304 e. The van der Waals surface area contributed by atoms with Crippen molar-refractivity contribution in [3.63, 3.8) is 0 Å². The molecule has 0 radical (unpaired) electrons. The number of phenols is 1. The Morgan fingerprint density at radius 3 is 2.69 bits per heavy atom. The minimum atomic E-state index is -0.800. The number of rotatable bonds is 4. The Kier molecular flexibility index (Phi) is 2.84. The van der Waals surface area contributed by atoms with Crippen LogP contribution in [0.4, 0.5) is 0 Å². The van der Waals surface area contributed by atoms with Gasteiger partial charge in [0.25, 0.3) is 0 Å². The lowest BCUT2D eigenvalue weighted by atomic mass is 9.92. The number of hydrogen-bond acceptors (Lipinski definition) is 3. The van der Waals surface area contributed by atoms with Gasteiger partial charge in [-0.15, -0.1) is 11.8 Å². The fraction of sp³-hybridized carbons (Fsp3) is 0.417. The Bertz CT molecular complexity index is 424. The van der Waals surface area contributed by atoms with Crippen LogP contribution < -0.4 is 0 Å². The van der Waals surface area contributed by atoms with Crippen LogP contribution in [0.15, 0.2) is 23.1 Å². The standard InChI is InChI=1S/C12H14O3S/c1-16-8-2-3-10(13)9(6-8)12(4-5-12)7-11(14)15/h2-3,6,13H,4-5,7H2,1H3,(H,14,15). The molecule has 0 aromatic heterocycles. The quantitative estimate of drug-likeness (QED) is 0.792. The predicted octanol–water partition coefficient (Wildman–Crippen LogP) is 2.62. The fourth-order valence-electron chi connectivity index (χ4n) is 2.05. The van der Waals surface area contributed by atoms with E-state index in [2.05, 4.69) is 0 Å². The number of aromatic hydroxyl groups is 1. The van der Waals surface area contributed by atoms with Crippen LogP contribution in [0, 0.1) is 0 Å². The van der Waals surface area contributed by atoms with Gasteiger partial charge in [-0.05, 0) is 37.3 Å². The number of carbonyl (C=O) groups is 1. The lowest BCUT2D eigenvalue weighted by molar-refractivity contribution is -0.137. The molecule has 86 valence electrons. The van der Waals surface area contributed by atoms with Crippen LogP contribution in [-0.2, 0) is 10.2 Å². The molecule has 0 spiro atoms. The third-order valence-corrected chi connectivity index (χ3v) is 3.84. The summed E-state index contributed by atoms with van der Waals surface area (Å²) in [4.78, 5) is 11.9. The van der Waals surface area contributed by atoms with Crippen LogP contribution in [0.1, 0.15) is 24.8 Å². The summed E-state index contributed by atoms with van der Waals surface area (Å²) in [6.45, 7) is 0. The zero-order valence-electron chi connectivity index (χ0n) is 9.06. The molecule has 1 aliphatic rings. The first-order chi connectivity index (χ1) is 7.57. The van der Waals surface area contributed by atoms with Crippen LogP contribution in [0.25, 0.3) is 0 Å². The van der Waals surface area contributed by atoms with Gasteiger partial charge in [0.2, 0.25) is 0 Å². The highest BCUT2D eigenvalue weighted by Crippen LogP contribution is 2.54. The maximum atomic E-state index is 10.8. The van der Waals surface area contributed by atoms with Crippen molar-refractivity contribution in [1.29, 1.82) is 0 Å². The zero-order chi connectivity index (χ0) is 11.8. The molecule has 2 rings (SSSR count). The maximum Gasteiger partial charge on any atom is 0.304 e. The summed E-state index contributed by atoms with van der Waals surface area (Å²) in [5, 5.41) is 18.7. The van der Waals surface area contributed by atoms with Crippen molar-refractivity contribution in [2.24, 2.45) is 0 Å². The van der Waals surface area contributed by atoms with Gasteiger partial charge in [-0.2, -0.15) is 0 Å². The molecule has 0 bridgehead atoms. The van der Waals surface area contributed by atoms with Gasteiger partial charge in [-0.25, -0.2) is 0 Å². The van der Waals surface area contributed by atoms with Crippen molar-refractivity contribution < 1.29 is 15.0 Å². The summed E-state index contributed by atoms with van der Waals surface area (Å²) in [7, 11) is 0. The van der Waals surface area contributed by atoms with Gasteiger partial charge in [0, 0.05) is 15.9 Å². The van der Waals surface area contributed by atoms with Crippen LogP contribution >= 0.6 is 11.8 Å². The number of carboxylic acid groups (broad SMARTS) is 1. The van der Waals surface area contributed by atoms with E-state index < -0.39 is 5.97 Å². The van der Waals surface area contributed by atoms with Gasteiger partial charge in [-0.1, -0.05) is 0 Å². The highest BCUT2D eigenvalue weighted by Gasteiger charge is 2.47. The molecule has 0 saturated heterocycles. The van der Waals surface area contributed by atoms with Gasteiger partial charge < -0.3 is 10.2 Å². The van der Waals surface area contributed by atoms with Crippen molar-refractivity contribution in [3.05, 3.63) is 23.8 Å². The van der Waals surface area contributed by atoms with E-state index in [4.69, 9.17) is 5.11 Å². The number of aliphatic carboxylic acids is 1. The Balaban J connectivity index is 2.35. The monoisotopic (exact) mass is 238 g/mol. The molecule has 1 aliphatic carbocycles. The van der Waals surface area contributed by atoms with Gasteiger partial charge in [0.1, 0.15) is 5.75 Å². The maximum absolute atomic E-state index is 10.8. The van der Waals surface area contributed by atoms with Crippen molar-refractivity contribution in [2.45, 2.75) is 29.6 Å². The molecule has 2 N–H and O–H groups in total. The summed E-state index contributed by atoms with van der Waals surface area (Å²) in [5.41, 5.74) is 0.475. The molecule has 0 heterocycles. The summed E-state index contributed by atoms with van der Waals surface area (Å²) >= 11 is 1.60. The Morgan fingerprint density at radius 1 is 1.50 bits per heavy atom. The second-order valence-corrected chi connectivity index (χ2v) is 5.11. The normalized spacial score (nSPS) is 17.1. The van der Waals surface area contributed by atoms with E-state index in [-0.39, 0.29) is 17.6 Å². The summed E-state index contributed by atoms with van der Waals surface area (Å²) in [6, 6.07) is 5.42. The minimum absolute atomic E-state index is 0.110. The van der Waals surface area contributed by atoms with E-state index in [1.807, 2.05) is 18.4 Å². The molecule has 16 heavy (non-hydrogen) atoms. The van der Waals surface area contributed by atoms with Gasteiger partial charge in [-0.3, -0.25) is 4.79 Å². The Labute approximate surface area is 98.5 Å². The van der Waals surface area contributed by atoms with Crippen molar-refractivity contribution >= 4 is 17.7 Å². The molecule has 1 aromatic rings. The minimum Gasteiger partial charge on any atom is -0.508 e. The Hall–Kier alpha value is -1.16. The lowest BCUT2D eigenvalue weighted by Crippen LogP contribution is -2.13. The molecule has 3 nitrogen and oxygen atoms in total. The number of hydrogen-bond donors (Lipinski definition) is 2. The van der Waals surface area contributed by atoms with E-state index in [0.717, 1.165) is 23.3 Å². The summed E-state index contributed by atoms with van der Waals surface area (Å²) < 4.78 is 0. The van der Waals surface area contributed by atoms with E-state index in [1.165, 1.54) is 0 Å². The van der Waals surface area contributed by atoms with Crippen LogP contribution in [-0.4, -0.2) is 22.4 Å². The SMILES string of the molecule is CSc1ccc(O)c(C2(CC(=O)O)CC2)c1. The predicted molar refractivity (Wildman–Crippen MR) is 63.1 cm³/mol.